The number of aromatic nitrogens is 1. The summed E-state index contributed by atoms with van der Waals surface area (Å²) >= 11 is 1.12. The van der Waals surface area contributed by atoms with Gasteiger partial charge in [0.05, 0.1) is 11.1 Å². The average molecular weight is 708 g/mol. The number of hydrogen-bond acceptors (Lipinski definition) is 5. The monoisotopic (exact) mass is 707 g/mol. The van der Waals surface area contributed by atoms with E-state index in [1.54, 1.807) is 24.3 Å². The minimum absolute atomic E-state index is 0.0674. The van der Waals surface area contributed by atoms with Crippen molar-refractivity contribution in [3.05, 3.63) is 129 Å². The third kappa shape index (κ3) is 6.28. The van der Waals surface area contributed by atoms with E-state index in [0.29, 0.717) is 52.5 Å². The third-order valence-electron chi connectivity index (χ3n) is 10.3. The topological polar surface area (TPSA) is 54.6 Å². The van der Waals surface area contributed by atoms with Gasteiger partial charge in [0.2, 0.25) is 5.12 Å². The highest BCUT2D eigenvalue weighted by Gasteiger charge is 2.56. The van der Waals surface area contributed by atoms with E-state index in [2.05, 4.69) is 0 Å². The smallest absolute Gasteiger partial charge is 0.461 e. The molecular weight excluding hydrogens is 663 g/mol. The Bertz CT molecular complexity index is 2130. The number of fused-ring (bicyclic) bond motifs is 2. The molecule has 264 valence electrons. The summed E-state index contributed by atoms with van der Waals surface area (Å²) in [6.07, 6.45) is 1.36. The zero-order valence-electron chi connectivity index (χ0n) is 30.6. The van der Waals surface area contributed by atoms with Crippen LogP contribution in [0.25, 0.3) is 16.7 Å². The van der Waals surface area contributed by atoms with E-state index in [0.717, 1.165) is 62.0 Å². The predicted octanol–water partition coefficient (Wildman–Crippen LogP) is 9.34. The van der Waals surface area contributed by atoms with Crippen molar-refractivity contribution in [1.82, 2.24) is 4.48 Å². The molecule has 0 atom stereocenters. The number of hydrogen-bond donors (Lipinski definition) is 0. The van der Waals surface area contributed by atoms with Gasteiger partial charge in [-0.05, 0) is 104 Å². The van der Waals surface area contributed by atoms with Crippen LogP contribution in [0.5, 0.6) is 0 Å². The van der Waals surface area contributed by atoms with Crippen molar-refractivity contribution >= 4 is 46.8 Å². The van der Waals surface area contributed by atoms with Gasteiger partial charge >= 0.3 is 12.9 Å². The number of anilines is 1. The van der Waals surface area contributed by atoms with E-state index in [-0.39, 0.29) is 11.7 Å². The van der Waals surface area contributed by atoms with Crippen LogP contribution in [0.15, 0.2) is 89.6 Å². The number of allylic oxidation sites excluding steroid dienone is 2. The Morgan fingerprint density at radius 1 is 0.824 bits per heavy atom. The van der Waals surface area contributed by atoms with Gasteiger partial charge in [0, 0.05) is 54.9 Å². The molecule has 4 aromatic rings. The fourth-order valence-corrected chi connectivity index (χ4v) is 8.37. The standard InChI is InChI=1S/C41H44BF2N3O3S/c1-9-35-25(3)38-37(39-26(4)36(10-2)28(6)47(39)42(43,44)46(38)27(35)5)31-15-11-29(12-16-31)30-13-17-32(18-14-30)40(48)50-23-24-51-41(49)33-19-21-34(22-20-33)45(7)8/h11-22H,9-10,23-24H2,1-8H3. The lowest BCUT2D eigenvalue weighted by molar-refractivity contribution is -0.363. The van der Waals surface area contributed by atoms with E-state index in [4.69, 9.17) is 4.74 Å². The number of carbonyl (C=O) groups excluding carboxylic acids is 2. The van der Waals surface area contributed by atoms with E-state index < -0.39 is 12.9 Å². The molecule has 0 saturated carbocycles. The molecule has 2 aliphatic rings. The molecule has 0 N–H and O–H groups in total. The lowest BCUT2D eigenvalue weighted by Gasteiger charge is -2.34. The second-order valence-electron chi connectivity index (χ2n) is 13.4. The summed E-state index contributed by atoms with van der Waals surface area (Å²) in [7, 11) is 3.89. The Hall–Kier alpha value is -4.70. The van der Waals surface area contributed by atoms with Crippen molar-refractivity contribution in [3.63, 3.8) is 0 Å². The number of thioether (sulfide) groups is 1. The quantitative estimate of drug-likeness (QED) is 0.0935. The lowest BCUT2D eigenvalue weighted by Crippen LogP contribution is -2.51. The molecule has 6 nitrogen and oxygen atoms in total. The maximum absolute atomic E-state index is 16.6. The molecule has 3 heterocycles. The van der Waals surface area contributed by atoms with Crippen molar-refractivity contribution in [2.45, 2.75) is 54.4 Å². The number of nitrogens with zero attached hydrogens (tertiary/aromatic N) is 3. The van der Waals surface area contributed by atoms with Crippen LogP contribution in [-0.2, 0) is 11.2 Å². The number of ether oxygens (including phenoxy) is 1. The van der Waals surface area contributed by atoms with Crippen LogP contribution < -0.4 is 4.90 Å². The number of carbonyl (C=O) groups is 2. The summed E-state index contributed by atoms with van der Waals surface area (Å²) in [6.45, 7) is 7.64. The first-order valence-electron chi connectivity index (χ1n) is 17.4. The van der Waals surface area contributed by atoms with Crippen LogP contribution in [-0.4, -0.2) is 59.2 Å². The molecule has 2 aliphatic heterocycles. The summed E-state index contributed by atoms with van der Waals surface area (Å²) in [5, 5.41) is -0.0674. The summed E-state index contributed by atoms with van der Waals surface area (Å²) in [5.74, 6) is -0.0949. The van der Waals surface area contributed by atoms with Gasteiger partial charge in [-0.1, -0.05) is 62.0 Å². The van der Waals surface area contributed by atoms with Crippen LogP contribution in [0.1, 0.15) is 82.9 Å². The number of halogens is 2. The number of rotatable bonds is 10. The SMILES string of the molecule is CCC1=C(C)C2=C(c3ccc(-c4ccc(C(=O)OCCSC(=O)c5ccc(N(C)C)cc5)cc4)cc3)c3c(C)c(CC)c(C)n3[B-](F)(F)[N+]2=C1C. The van der Waals surface area contributed by atoms with Gasteiger partial charge in [-0.15, -0.1) is 0 Å². The Morgan fingerprint density at radius 3 is 1.96 bits per heavy atom. The molecule has 0 aliphatic carbocycles. The normalized spacial score (nSPS) is 14.9. The Balaban J connectivity index is 1.19. The minimum atomic E-state index is -4.08. The van der Waals surface area contributed by atoms with Crippen LogP contribution in [0.2, 0.25) is 0 Å². The molecule has 6 rings (SSSR count). The van der Waals surface area contributed by atoms with Gasteiger partial charge in [0.15, 0.2) is 5.70 Å². The van der Waals surface area contributed by atoms with Crippen molar-refractivity contribution < 1.29 is 27.4 Å². The molecule has 10 heteroatoms. The fourth-order valence-electron chi connectivity index (χ4n) is 7.71. The third-order valence-corrected chi connectivity index (χ3v) is 11.2. The zero-order chi connectivity index (χ0) is 36.8. The summed E-state index contributed by atoms with van der Waals surface area (Å²) in [5.41, 5.74) is 11.8. The van der Waals surface area contributed by atoms with Crippen LogP contribution in [0.3, 0.4) is 0 Å². The van der Waals surface area contributed by atoms with Gasteiger partial charge in [-0.2, -0.15) is 0 Å². The highest BCUT2D eigenvalue weighted by molar-refractivity contribution is 8.14. The van der Waals surface area contributed by atoms with Gasteiger partial charge in [0.1, 0.15) is 12.3 Å². The molecule has 1 aromatic heterocycles. The molecule has 0 fully saturated rings. The molecule has 0 unspecified atom stereocenters. The maximum Gasteiger partial charge on any atom is 0.737 e. The minimum Gasteiger partial charge on any atom is -0.461 e. The van der Waals surface area contributed by atoms with Gasteiger partial charge in [-0.25, -0.2) is 4.79 Å². The molecule has 51 heavy (non-hydrogen) atoms. The largest absolute Gasteiger partial charge is 0.737 e. The Labute approximate surface area is 303 Å². The molecular formula is C41H44BF2N3O3S. The van der Waals surface area contributed by atoms with Gasteiger partial charge < -0.3 is 27.2 Å². The summed E-state index contributed by atoms with van der Waals surface area (Å²) < 4.78 is 41.2. The molecule has 3 aromatic carbocycles. The first-order valence-corrected chi connectivity index (χ1v) is 18.4. The van der Waals surface area contributed by atoms with E-state index in [1.807, 2.05) is 109 Å². The maximum atomic E-state index is 16.6. The summed E-state index contributed by atoms with van der Waals surface area (Å²) in [4.78, 5) is 27.2. The van der Waals surface area contributed by atoms with E-state index >= 15 is 8.63 Å². The number of benzene rings is 3. The van der Waals surface area contributed by atoms with Crippen molar-refractivity contribution in [2.24, 2.45) is 0 Å². The van der Waals surface area contributed by atoms with Crippen LogP contribution in [0.4, 0.5) is 14.3 Å². The van der Waals surface area contributed by atoms with Gasteiger partial charge in [-0.3, -0.25) is 4.79 Å². The second kappa shape index (κ2) is 14.1. The van der Waals surface area contributed by atoms with Crippen LogP contribution in [0, 0.1) is 13.8 Å². The van der Waals surface area contributed by atoms with Crippen LogP contribution >= 0.6 is 11.8 Å². The fraction of sp³-hybridized carbons (Fsp3) is 0.293. The van der Waals surface area contributed by atoms with Crippen molar-refractivity contribution in [3.8, 4) is 11.1 Å². The molecule has 0 bridgehead atoms. The molecule has 0 saturated heterocycles. The second-order valence-corrected chi connectivity index (χ2v) is 14.4. The summed E-state index contributed by atoms with van der Waals surface area (Å²) in [6, 6.07) is 22.6. The van der Waals surface area contributed by atoms with E-state index in [9.17, 15) is 9.59 Å². The average Bonchev–Trinajstić information content (AvgIpc) is 3.54. The molecule has 0 spiro atoms. The molecule has 0 amide bonds. The highest BCUT2D eigenvalue weighted by Crippen LogP contribution is 2.47. The number of esters is 1. The van der Waals surface area contributed by atoms with E-state index in [1.165, 1.54) is 8.96 Å². The predicted molar refractivity (Wildman–Crippen MR) is 206 cm³/mol. The zero-order valence-corrected chi connectivity index (χ0v) is 31.4. The Morgan fingerprint density at radius 2 is 1.39 bits per heavy atom. The van der Waals surface area contributed by atoms with Gasteiger partial charge in [0.25, 0.3) is 0 Å². The van der Waals surface area contributed by atoms with Crippen molar-refractivity contribution in [1.29, 1.82) is 0 Å². The first-order chi connectivity index (χ1) is 24.3. The van der Waals surface area contributed by atoms with Crippen molar-refractivity contribution in [2.75, 3.05) is 31.4 Å². The molecule has 0 radical (unpaired) electrons. The first kappa shape index (κ1) is 36.1. The highest BCUT2D eigenvalue weighted by atomic mass is 32.2. The lowest BCUT2D eigenvalue weighted by atomic mass is 9.83. The Kier molecular flexibility index (Phi) is 10.0.